The predicted octanol–water partition coefficient (Wildman–Crippen LogP) is 2.49. The van der Waals surface area contributed by atoms with E-state index in [1.165, 1.54) is 12.0 Å². The van der Waals surface area contributed by atoms with Gasteiger partial charge in [0.05, 0.1) is 32.9 Å². The van der Waals surface area contributed by atoms with Crippen molar-refractivity contribution in [2.24, 2.45) is 0 Å². The number of rotatable bonds is 7. The first-order valence-electron chi connectivity index (χ1n) is 9.22. The highest BCUT2D eigenvalue weighted by Gasteiger charge is 2.19. The number of ether oxygens (including phenoxy) is 2. The van der Waals surface area contributed by atoms with Crippen LogP contribution in [0, 0.1) is 6.92 Å². The van der Waals surface area contributed by atoms with Crippen LogP contribution in [0.4, 0.5) is 0 Å². The molecule has 1 heterocycles. The highest BCUT2D eigenvalue weighted by molar-refractivity contribution is 5.95. The van der Waals surface area contributed by atoms with Crippen molar-refractivity contribution < 1.29 is 19.4 Å². The maximum Gasteiger partial charge on any atom is 0.254 e. The number of nitrogens with zero attached hydrogens (tertiary/aromatic N) is 1. The molecular formula is C22H24N2O5. The minimum absolute atomic E-state index is 0.0767. The van der Waals surface area contributed by atoms with Crippen LogP contribution in [0.1, 0.15) is 21.5 Å². The molecule has 0 atom stereocenters. The quantitative estimate of drug-likeness (QED) is 0.640. The van der Waals surface area contributed by atoms with Crippen molar-refractivity contribution >= 4 is 16.8 Å². The molecule has 7 nitrogen and oxygen atoms in total. The Balaban J connectivity index is 1.99. The lowest BCUT2D eigenvalue weighted by atomic mass is 10.1. The molecule has 1 amide bonds. The minimum Gasteiger partial charge on any atom is -0.493 e. The molecule has 2 N–H and O–H groups in total. The van der Waals surface area contributed by atoms with Crippen LogP contribution in [0.15, 0.2) is 47.3 Å². The van der Waals surface area contributed by atoms with E-state index >= 15 is 0 Å². The van der Waals surface area contributed by atoms with Crippen LogP contribution in [0.25, 0.3) is 10.9 Å². The second kappa shape index (κ2) is 8.79. The molecule has 0 bridgehead atoms. The van der Waals surface area contributed by atoms with Gasteiger partial charge < -0.3 is 24.5 Å². The third-order valence-corrected chi connectivity index (χ3v) is 4.82. The summed E-state index contributed by atoms with van der Waals surface area (Å²) in [6.07, 6.45) is 0. The lowest BCUT2D eigenvalue weighted by Crippen LogP contribution is -2.35. The van der Waals surface area contributed by atoms with E-state index in [4.69, 9.17) is 9.47 Å². The van der Waals surface area contributed by atoms with E-state index in [-0.39, 0.29) is 31.2 Å². The molecule has 152 valence electrons. The number of aryl methyl sites for hydroxylation is 1. The van der Waals surface area contributed by atoms with E-state index in [2.05, 4.69) is 4.98 Å². The van der Waals surface area contributed by atoms with Crippen molar-refractivity contribution in [3.05, 3.63) is 69.5 Å². The lowest BCUT2D eigenvalue weighted by molar-refractivity contribution is 0.0706. The zero-order valence-corrected chi connectivity index (χ0v) is 16.7. The number of carbonyl (C=O) groups excluding carboxylic acids is 1. The van der Waals surface area contributed by atoms with Crippen LogP contribution < -0.4 is 15.0 Å². The van der Waals surface area contributed by atoms with E-state index in [1.54, 1.807) is 37.4 Å². The van der Waals surface area contributed by atoms with Crippen LogP contribution in [-0.2, 0) is 6.54 Å². The highest BCUT2D eigenvalue weighted by Crippen LogP contribution is 2.31. The molecule has 0 fully saturated rings. The van der Waals surface area contributed by atoms with Gasteiger partial charge in [0.25, 0.3) is 11.5 Å². The van der Waals surface area contributed by atoms with Crippen molar-refractivity contribution in [1.82, 2.24) is 9.88 Å². The Bertz CT molecular complexity index is 1090. The monoisotopic (exact) mass is 396 g/mol. The van der Waals surface area contributed by atoms with Crippen LogP contribution in [0.5, 0.6) is 11.5 Å². The maximum atomic E-state index is 13.0. The summed E-state index contributed by atoms with van der Waals surface area (Å²) < 4.78 is 10.6. The molecule has 2 aromatic carbocycles. The number of amides is 1. The van der Waals surface area contributed by atoms with Gasteiger partial charge >= 0.3 is 0 Å². The van der Waals surface area contributed by atoms with E-state index in [9.17, 15) is 14.7 Å². The van der Waals surface area contributed by atoms with Crippen molar-refractivity contribution in [1.29, 1.82) is 0 Å². The smallest absolute Gasteiger partial charge is 0.254 e. The molecule has 0 saturated carbocycles. The molecule has 29 heavy (non-hydrogen) atoms. The fourth-order valence-corrected chi connectivity index (χ4v) is 3.26. The van der Waals surface area contributed by atoms with Crippen molar-refractivity contribution in [3.8, 4) is 11.5 Å². The van der Waals surface area contributed by atoms with Crippen LogP contribution in [-0.4, -0.2) is 48.3 Å². The Morgan fingerprint density at radius 1 is 1.10 bits per heavy atom. The molecule has 1 aromatic heterocycles. The van der Waals surface area contributed by atoms with Gasteiger partial charge in [0.2, 0.25) is 0 Å². The molecule has 0 aliphatic rings. The van der Waals surface area contributed by atoms with Gasteiger partial charge in [0.1, 0.15) is 0 Å². The highest BCUT2D eigenvalue weighted by atomic mass is 16.5. The van der Waals surface area contributed by atoms with Crippen molar-refractivity contribution in [3.63, 3.8) is 0 Å². The number of aliphatic hydroxyl groups excluding tert-OH is 1. The fourth-order valence-electron chi connectivity index (χ4n) is 3.26. The second-order valence-electron chi connectivity index (χ2n) is 6.68. The van der Waals surface area contributed by atoms with Gasteiger partial charge in [-0.05, 0) is 30.7 Å². The summed E-state index contributed by atoms with van der Waals surface area (Å²) in [4.78, 5) is 29.9. The molecule has 0 saturated heterocycles. The number of nitrogens with one attached hydrogen (secondary N) is 1. The number of aromatic nitrogens is 1. The topological polar surface area (TPSA) is 91.9 Å². The summed E-state index contributed by atoms with van der Waals surface area (Å²) in [5.74, 6) is 0.824. The largest absolute Gasteiger partial charge is 0.493 e. The van der Waals surface area contributed by atoms with Gasteiger partial charge in [0, 0.05) is 29.1 Å². The maximum absolute atomic E-state index is 13.0. The van der Waals surface area contributed by atoms with Crippen LogP contribution in [0.2, 0.25) is 0 Å². The molecular weight excluding hydrogens is 372 g/mol. The number of fused-ring (bicyclic) bond motifs is 1. The summed E-state index contributed by atoms with van der Waals surface area (Å²) in [6, 6.07) is 12.4. The van der Waals surface area contributed by atoms with E-state index < -0.39 is 0 Å². The van der Waals surface area contributed by atoms with Gasteiger partial charge in [-0.1, -0.05) is 18.2 Å². The van der Waals surface area contributed by atoms with E-state index in [0.717, 1.165) is 10.9 Å². The van der Waals surface area contributed by atoms with Gasteiger partial charge in [-0.3, -0.25) is 9.59 Å². The van der Waals surface area contributed by atoms with Gasteiger partial charge in [0.15, 0.2) is 11.5 Å². The first kappa shape index (κ1) is 20.4. The molecule has 0 radical (unpaired) electrons. The van der Waals surface area contributed by atoms with E-state index in [1.807, 2.05) is 19.1 Å². The SMILES string of the molecule is COc1cc2cc(CN(CCO)C(=O)c3ccccc3C)c(=O)[nH]c2cc1OC. The van der Waals surface area contributed by atoms with Crippen LogP contribution >= 0.6 is 0 Å². The number of methoxy groups -OCH3 is 2. The minimum atomic E-state index is -0.301. The van der Waals surface area contributed by atoms with Crippen molar-refractivity contribution in [2.75, 3.05) is 27.4 Å². The molecule has 7 heteroatoms. The van der Waals surface area contributed by atoms with Gasteiger partial charge in [-0.2, -0.15) is 0 Å². The summed E-state index contributed by atoms with van der Waals surface area (Å²) in [5.41, 5.74) is 2.11. The Kier molecular flexibility index (Phi) is 6.19. The number of hydrogen-bond acceptors (Lipinski definition) is 5. The summed E-state index contributed by atoms with van der Waals surface area (Å²) in [5, 5.41) is 10.2. The zero-order valence-electron chi connectivity index (χ0n) is 16.7. The normalized spacial score (nSPS) is 10.8. The Morgan fingerprint density at radius 2 is 1.79 bits per heavy atom. The number of aliphatic hydroxyl groups is 1. The number of hydrogen-bond donors (Lipinski definition) is 2. The predicted molar refractivity (Wildman–Crippen MR) is 111 cm³/mol. The van der Waals surface area contributed by atoms with Crippen LogP contribution in [0.3, 0.4) is 0 Å². The standard InChI is InChI=1S/C22H24N2O5/c1-14-6-4-5-7-17(14)22(27)24(8-9-25)13-16-10-15-11-19(28-2)20(29-3)12-18(15)23-21(16)26/h4-7,10-12,25H,8-9,13H2,1-3H3,(H,23,26). The molecule has 3 rings (SSSR count). The van der Waals surface area contributed by atoms with Gasteiger partial charge in [-0.15, -0.1) is 0 Å². The van der Waals surface area contributed by atoms with Gasteiger partial charge in [-0.25, -0.2) is 0 Å². The fraction of sp³-hybridized carbons (Fsp3) is 0.273. The average Bonchev–Trinajstić information content (AvgIpc) is 2.72. The number of pyridine rings is 1. The number of H-pyrrole nitrogens is 1. The Hall–Kier alpha value is -3.32. The Labute approximate surface area is 168 Å². The van der Waals surface area contributed by atoms with Crippen molar-refractivity contribution in [2.45, 2.75) is 13.5 Å². The number of benzene rings is 2. The zero-order chi connectivity index (χ0) is 21.0. The summed E-state index contributed by atoms with van der Waals surface area (Å²) in [7, 11) is 3.07. The third-order valence-electron chi connectivity index (χ3n) is 4.82. The van der Waals surface area contributed by atoms with E-state index in [0.29, 0.717) is 28.1 Å². The number of carbonyl (C=O) groups is 1. The first-order chi connectivity index (χ1) is 14.0. The lowest BCUT2D eigenvalue weighted by Gasteiger charge is -2.22. The second-order valence-corrected chi connectivity index (χ2v) is 6.68. The number of aromatic amines is 1. The summed E-state index contributed by atoms with van der Waals surface area (Å²) >= 11 is 0. The third kappa shape index (κ3) is 4.25. The summed E-state index contributed by atoms with van der Waals surface area (Å²) in [6.45, 7) is 1.85. The molecule has 0 spiro atoms. The molecule has 0 aliphatic carbocycles. The Morgan fingerprint density at radius 3 is 2.45 bits per heavy atom. The molecule has 0 unspecified atom stereocenters. The first-order valence-corrected chi connectivity index (χ1v) is 9.22. The average molecular weight is 396 g/mol. The molecule has 0 aliphatic heterocycles. The molecule has 3 aromatic rings.